The maximum Gasteiger partial charge on any atom is 0.158 e. The van der Waals surface area contributed by atoms with Gasteiger partial charge < -0.3 is 9.88 Å². The summed E-state index contributed by atoms with van der Waals surface area (Å²) in [6, 6.07) is 4.57. The molecule has 0 radical (unpaired) electrons. The second-order valence-corrected chi connectivity index (χ2v) is 8.70. The van der Waals surface area contributed by atoms with Crippen molar-refractivity contribution in [3.05, 3.63) is 41.3 Å². The van der Waals surface area contributed by atoms with E-state index in [4.69, 9.17) is 9.98 Å². The fourth-order valence-electron chi connectivity index (χ4n) is 4.20. The molecule has 0 unspecified atom stereocenters. The molecule has 5 heterocycles. The molecule has 0 amide bonds. The maximum absolute atomic E-state index is 4.94. The van der Waals surface area contributed by atoms with E-state index >= 15 is 0 Å². The molecule has 7 heteroatoms. The largest absolute Gasteiger partial charge is 0.353 e. The minimum absolute atomic E-state index is 0.309. The number of aryl methyl sites for hydroxylation is 1. The number of hydrogen-bond donors (Lipinski definition) is 1. The Bertz CT molecular complexity index is 1310. The Kier molecular flexibility index (Phi) is 4.17. The first kappa shape index (κ1) is 18.8. The molecule has 0 saturated carbocycles. The number of H-pyrrole nitrogens is 1. The quantitative estimate of drug-likeness (QED) is 0.500. The smallest absolute Gasteiger partial charge is 0.158 e. The van der Waals surface area contributed by atoms with Crippen LogP contribution in [-0.4, -0.2) is 47.9 Å². The minimum atomic E-state index is 0.309. The molecule has 4 aromatic rings. The van der Waals surface area contributed by atoms with E-state index in [2.05, 4.69) is 73.8 Å². The Hall–Kier alpha value is -3.22. The van der Waals surface area contributed by atoms with Crippen LogP contribution in [0.3, 0.4) is 0 Å². The van der Waals surface area contributed by atoms with E-state index in [1.165, 1.54) is 11.1 Å². The molecule has 0 atom stereocenters. The number of amidine groups is 1. The first-order valence-electron chi connectivity index (χ1n) is 10.5. The molecule has 30 heavy (non-hydrogen) atoms. The summed E-state index contributed by atoms with van der Waals surface area (Å²) in [6.07, 6.45) is 3.67. The van der Waals surface area contributed by atoms with E-state index in [9.17, 15) is 0 Å². The highest BCUT2D eigenvalue weighted by atomic mass is 15.4. The lowest BCUT2D eigenvalue weighted by Gasteiger charge is -2.13. The molecule has 1 fully saturated rings. The number of aromatic nitrogens is 5. The third kappa shape index (κ3) is 2.88. The fourth-order valence-corrected chi connectivity index (χ4v) is 4.20. The van der Waals surface area contributed by atoms with Gasteiger partial charge in [-0.3, -0.25) is 0 Å². The zero-order valence-electron chi connectivity index (χ0n) is 18.4. The summed E-state index contributed by atoms with van der Waals surface area (Å²) in [5.41, 5.74) is 8.72. The third-order valence-electron chi connectivity index (χ3n) is 6.04. The van der Waals surface area contributed by atoms with Gasteiger partial charge in [-0.25, -0.2) is 19.5 Å². The van der Waals surface area contributed by atoms with Crippen LogP contribution < -0.4 is 0 Å². The number of aliphatic imine (C=N–C) groups is 1. The molecule has 0 bridgehead atoms. The van der Waals surface area contributed by atoms with Gasteiger partial charge in [-0.1, -0.05) is 13.8 Å². The van der Waals surface area contributed by atoms with Gasteiger partial charge in [0.15, 0.2) is 11.5 Å². The van der Waals surface area contributed by atoms with Gasteiger partial charge >= 0.3 is 0 Å². The van der Waals surface area contributed by atoms with Crippen LogP contribution in [0.1, 0.15) is 50.3 Å². The average molecular weight is 402 g/mol. The first-order chi connectivity index (χ1) is 14.3. The van der Waals surface area contributed by atoms with Crippen molar-refractivity contribution < 1.29 is 0 Å². The second-order valence-electron chi connectivity index (χ2n) is 8.70. The van der Waals surface area contributed by atoms with Crippen molar-refractivity contribution >= 4 is 28.3 Å². The van der Waals surface area contributed by atoms with Crippen molar-refractivity contribution in [3.63, 3.8) is 0 Å². The molecule has 7 nitrogen and oxygen atoms in total. The van der Waals surface area contributed by atoms with Crippen molar-refractivity contribution in [2.45, 2.75) is 53.5 Å². The molecular formula is C23H27N7. The number of nitrogens with zero attached hydrogens (tertiary/aromatic N) is 6. The molecule has 0 aliphatic carbocycles. The van der Waals surface area contributed by atoms with Crippen LogP contribution in [0.25, 0.3) is 27.9 Å². The van der Waals surface area contributed by atoms with Gasteiger partial charge in [-0.05, 0) is 56.9 Å². The van der Waals surface area contributed by atoms with Crippen LogP contribution in [0.2, 0.25) is 0 Å². The minimum Gasteiger partial charge on any atom is -0.353 e. The van der Waals surface area contributed by atoms with Crippen molar-refractivity contribution in [2.24, 2.45) is 4.99 Å². The highest BCUT2D eigenvalue weighted by Gasteiger charge is 2.30. The molecule has 1 aliphatic rings. The van der Waals surface area contributed by atoms with Crippen molar-refractivity contribution in [2.75, 3.05) is 6.54 Å². The number of rotatable bonds is 4. The van der Waals surface area contributed by atoms with E-state index < -0.39 is 0 Å². The lowest BCUT2D eigenvalue weighted by molar-refractivity contribution is 0.502. The first-order valence-corrected chi connectivity index (χ1v) is 10.5. The summed E-state index contributed by atoms with van der Waals surface area (Å²) < 4.78 is 1.85. The van der Waals surface area contributed by atoms with E-state index in [0.717, 1.165) is 51.7 Å². The number of fused-ring (bicyclic) bond motifs is 2. The topological polar surface area (TPSA) is 74.2 Å². The number of hydrogen-bond acceptors (Lipinski definition) is 4. The molecule has 1 saturated heterocycles. The van der Waals surface area contributed by atoms with Crippen LogP contribution in [0, 0.1) is 13.8 Å². The highest BCUT2D eigenvalue weighted by molar-refractivity contribution is 5.99. The molecule has 0 aromatic carbocycles. The van der Waals surface area contributed by atoms with Crippen molar-refractivity contribution in [1.29, 1.82) is 0 Å². The highest BCUT2D eigenvalue weighted by Crippen LogP contribution is 2.38. The lowest BCUT2D eigenvalue weighted by Crippen LogP contribution is -2.09. The van der Waals surface area contributed by atoms with Gasteiger partial charge in [0.25, 0.3) is 0 Å². The third-order valence-corrected chi connectivity index (χ3v) is 6.04. The van der Waals surface area contributed by atoms with E-state index in [-0.39, 0.29) is 0 Å². The number of pyridine rings is 2. The van der Waals surface area contributed by atoms with Crippen molar-refractivity contribution in [3.8, 4) is 11.3 Å². The Morgan fingerprint density at radius 3 is 2.60 bits per heavy atom. The summed E-state index contributed by atoms with van der Waals surface area (Å²) in [7, 11) is 0. The SMILES string of the molecule is Cc1c(-c2[nH]c3ccc(/N=C4/CN4C(C)C)nc3c2C(C)C)cn2ncnc2c1C. The maximum atomic E-state index is 4.94. The zero-order chi connectivity index (χ0) is 21.2. The number of aromatic amines is 1. The predicted molar refractivity (Wildman–Crippen MR) is 121 cm³/mol. The molecular weight excluding hydrogens is 374 g/mol. The molecule has 5 rings (SSSR count). The average Bonchev–Trinajstić information content (AvgIpc) is 3.14. The second kappa shape index (κ2) is 6.65. The molecule has 1 aliphatic heterocycles. The van der Waals surface area contributed by atoms with Gasteiger partial charge in [-0.2, -0.15) is 5.10 Å². The Labute approximate surface area is 175 Å². The summed E-state index contributed by atoms with van der Waals surface area (Å²) >= 11 is 0. The Balaban J connectivity index is 1.68. The van der Waals surface area contributed by atoms with E-state index in [0.29, 0.717) is 12.0 Å². The molecule has 1 N–H and O–H groups in total. The summed E-state index contributed by atoms with van der Waals surface area (Å²) in [6.45, 7) is 14.0. The van der Waals surface area contributed by atoms with Gasteiger partial charge in [0.2, 0.25) is 0 Å². The van der Waals surface area contributed by atoms with Gasteiger partial charge in [0, 0.05) is 23.4 Å². The Morgan fingerprint density at radius 1 is 1.10 bits per heavy atom. The molecule has 154 valence electrons. The van der Waals surface area contributed by atoms with Crippen LogP contribution in [0.15, 0.2) is 29.6 Å². The Morgan fingerprint density at radius 2 is 1.90 bits per heavy atom. The van der Waals surface area contributed by atoms with Crippen LogP contribution in [-0.2, 0) is 0 Å². The van der Waals surface area contributed by atoms with Gasteiger partial charge in [0.05, 0.1) is 23.3 Å². The van der Waals surface area contributed by atoms with E-state index in [1.54, 1.807) is 6.33 Å². The van der Waals surface area contributed by atoms with Crippen molar-refractivity contribution in [1.82, 2.24) is 29.5 Å². The molecule has 4 aromatic heterocycles. The monoisotopic (exact) mass is 401 g/mol. The summed E-state index contributed by atoms with van der Waals surface area (Å²) in [5, 5.41) is 4.36. The van der Waals surface area contributed by atoms with Crippen LogP contribution in [0.4, 0.5) is 5.82 Å². The standard InChI is InChI=1S/C23H27N7/c1-12(2)20-21(16-9-30-23(24-11-25-30)15(6)14(16)5)26-17-7-8-18(28-22(17)20)27-19-10-29(19)13(3)4/h7-9,11-13,26H,10H2,1-6H3/b27-19-. The van der Waals surface area contributed by atoms with Crippen LogP contribution in [0.5, 0.6) is 0 Å². The zero-order valence-corrected chi connectivity index (χ0v) is 18.4. The predicted octanol–water partition coefficient (Wildman–Crippen LogP) is 4.77. The van der Waals surface area contributed by atoms with Crippen LogP contribution >= 0.6 is 0 Å². The fraction of sp³-hybridized carbons (Fsp3) is 0.391. The number of nitrogens with one attached hydrogen (secondary N) is 1. The van der Waals surface area contributed by atoms with Gasteiger partial charge in [-0.15, -0.1) is 0 Å². The van der Waals surface area contributed by atoms with E-state index in [1.807, 2.05) is 10.6 Å². The van der Waals surface area contributed by atoms with Gasteiger partial charge in [0.1, 0.15) is 12.2 Å². The summed E-state index contributed by atoms with van der Waals surface area (Å²) in [4.78, 5) is 20.0. The lowest BCUT2D eigenvalue weighted by atomic mass is 9.95. The molecule has 0 spiro atoms. The normalized spacial score (nSPS) is 15.5. The summed E-state index contributed by atoms with van der Waals surface area (Å²) in [5.74, 6) is 2.19.